The Morgan fingerprint density at radius 2 is 2.09 bits per heavy atom. The molecule has 1 N–H and O–H groups in total. The zero-order chi connectivity index (χ0) is 15.5. The van der Waals surface area contributed by atoms with E-state index in [1.54, 1.807) is 25.4 Å². The number of rotatable bonds is 3. The molecule has 0 aliphatic carbocycles. The van der Waals surface area contributed by atoms with Gasteiger partial charge in [-0.05, 0) is 19.4 Å². The zero-order valence-corrected chi connectivity index (χ0v) is 12.7. The van der Waals surface area contributed by atoms with Crippen molar-refractivity contribution in [2.45, 2.75) is 26.2 Å². The molecule has 1 atom stereocenters. The third kappa shape index (κ3) is 3.19. The van der Waals surface area contributed by atoms with Crippen molar-refractivity contribution in [3.63, 3.8) is 0 Å². The maximum Gasteiger partial charge on any atom is 0.228 e. The minimum atomic E-state index is 0.103. The average Bonchev–Trinajstić information content (AvgIpc) is 2.98. The number of aryl methyl sites for hydroxylation is 1. The lowest BCUT2D eigenvalue weighted by atomic mass is 10.1. The van der Waals surface area contributed by atoms with Crippen LogP contribution in [0, 0.1) is 6.92 Å². The predicted octanol–water partition coefficient (Wildman–Crippen LogP) is 1.65. The van der Waals surface area contributed by atoms with Gasteiger partial charge in [-0.15, -0.1) is 0 Å². The second-order valence-corrected chi connectivity index (χ2v) is 5.40. The fraction of sp³-hybridized carbons (Fsp3) is 0.400. The van der Waals surface area contributed by atoms with Crippen LogP contribution in [0.2, 0.25) is 0 Å². The first-order valence-corrected chi connectivity index (χ1v) is 7.27. The van der Waals surface area contributed by atoms with Crippen molar-refractivity contribution in [3.8, 4) is 0 Å². The Hall–Kier alpha value is -2.57. The van der Waals surface area contributed by atoms with Crippen molar-refractivity contribution < 1.29 is 4.79 Å². The van der Waals surface area contributed by atoms with E-state index in [1.165, 1.54) is 0 Å². The number of likely N-dealkylation sites (tertiary alicyclic amines) is 1. The molecule has 1 amide bonds. The molecular formula is C15H18N6O. The summed E-state index contributed by atoms with van der Waals surface area (Å²) in [7, 11) is 0. The summed E-state index contributed by atoms with van der Waals surface area (Å²) in [5, 5.41) is 3.09. The van der Waals surface area contributed by atoms with E-state index in [4.69, 9.17) is 0 Å². The van der Waals surface area contributed by atoms with Crippen LogP contribution in [0.5, 0.6) is 0 Å². The van der Waals surface area contributed by atoms with Gasteiger partial charge in [-0.3, -0.25) is 4.79 Å². The number of aromatic nitrogens is 4. The topological polar surface area (TPSA) is 83.9 Å². The number of hydrogen-bond acceptors (Lipinski definition) is 6. The van der Waals surface area contributed by atoms with Gasteiger partial charge in [-0.2, -0.15) is 0 Å². The number of carbonyl (C=O) groups is 1. The monoisotopic (exact) mass is 298 g/mol. The number of hydrogen-bond donors (Lipinski definition) is 1. The molecule has 3 rings (SSSR count). The lowest BCUT2D eigenvalue weighted by molar-refractivity contribution is -0.127. The number of nitrogens with zero attached hydrogens (tertiary/aromatic N) is 5. The quantitative estimate of drug-likeness (QED) is 0.927. The third-order valence-corrected chi connectivity index (χ3v) is 3.68. The Kier molecular flexibility index (Phi) is 3.95. The molecule has 3 heterocycles. The van der Waals surface area contributed by atoms with Gasteiger partial charge in [-0.1, -0.05) is 0 Å². The van der Waals surface area contributed by atoms with Crippen LogP contribution in [-0.4, -0.2) is 43.8 Å². The maximum atomic E-state index is 11.5. The van der Waals surface area contributed by atoms with Gasteiger partial charge in [0.05, 0.1) is 0 Å². The molecule has 22 heavy (non-hydrogen) atoms. The molecule has 7 nitrogen and oxygen atoms in total. The Morgan fingerprint density at radius 3 is 2.77 bits per heavy atom. The molecular weight excluding hydrogens is 280 g/mol. The largest absolute Gasteiger partial charge is 0.342 e. The van der Waals surface area contributed by atoms with Gasteiger partial charge in [0.1, 0.15) is 11.6 Å². The Bertz CT molecular complexity index is 675. The highest BCUT2D eigenvalue weighted by Gasteiger charge is 2.27. The Labute approximate surface area is 128 Å². The molecule has 114 valence electrons. The summed E-state index contributed by atoms with van der Waals surface area (Å²) in [6, 6.07) is 3.62. The zero-order valence-electron chi connectivity index (χ0n) is 12.7. The van der Waals surface area contributed by atoms with E-state index in [2.05, 4.69) is 25.3 Å². The van der Waals surface area contributed by atoms with E-state index < -0.39 is 0 Å². The van der Waals surface area contributed by atoms with Crippen LogP contribution in [0.25, 0.3) is 0 Å². The molecule has 1 unspecified atom stereocenters. The average molecular weight is 298 g/mol. The van der Waals surface area contributed by atoms with Crippen LogP contribution in [0.1, 0.15) is 30.8 Å². The Balaban J connectivity index is 1.80. The summed E-state index contributed by atoms with van der Waals surface area (Å²) >= 11 is 0. The molecule has 0 saturated carbocycles. The van der Waals surface area contributed by atoms with Crippen LogP contribution < -0.4 is 5.32 Å². The van der Waals surface area contributed by atoms with Crippen molar-refractivity contribution in [2.24, 2.45) is 0 Å². The van der Waals surface area contributed by atoms with E-state index in [0.717, 1.165) is 24.5 Å². The van der Waals surface area contributed by atoms with Crippen LogP contribution in [-0.2, 0) is 4.79 Å². The van der Waals surface area contributed by atoms with Crippen LogP contribution in [0.4, 0.5) is 11.8 Å². The van der Waals surface area contributed by atoms with Crippen LogP contribution in [0.3, 0.4) is 0 Å². The number of carbonyl (C=O) groups excluding carboxylic acids is 1. The van der Waals surface area contributed by atoms with Gasteiger partial charge in [0.25, 0.3) is 0 Å². The highest BCUT2D eigenvalue weighted by atomic mass is 16.2. The lowest BCUT2D eigenvalue weighted by Crippen LogP contribution is -2.25. The minimum absolute atomic E-state index is 0.103. The van der Waals surface area contributed by atoms with Gasteiger partial charge in [0.2, 0.25) is 11.9 Å². The molecule has 1 saturated heterocycles. The summed E-state index contributed by atoms with van der Waals surface area (Å²) in [5.74, 6) is 2.23. The van der Waals surface area contributed by atoms with E-state index in [1.807, 2.05) is 17.9 Å². The van der Waals surface area contributed by atoms with Crippen LogP contribution in [0.15, 0.2) is 24.5 Å². The van der Waals surface area contributed by atoms with Crippen molar-refractivity contribution in [2.75, 3.05) is 18.4 Å². The first-order chi connectivity index (χ1) is 10.6. The second-order valence-electron chi connectivity index (χ2n) is 5.40. The molecule has 2 aromatic rings. The van der Waals surface area contributed by atoms with E-state index >= 15 is 0 Å². The molecule has 7 heteroatoms. The summed E-state index contributed by atoms with van der Waals surface area (Å²) in [6.45, 7) is 4.97. The van der Waals surface area contributed by atoms with Gasteiger partial charge in [-0.25, -0.2) is 19.9 Å². The summed E-state index contributed by atoms with van der Waals surface area (Å²) in [4.78, 5) is 30.6. The smallest absolute Gasteiger partial charge is 0.228 e. The molecule has 0 aromatic carbocycles. The third-order valence-electron chi connectivity index (χ3n) is 3.68. The highest BCUT2D eigenvalue weighted by Crippen LogP contribution is 2.26. The normalized spacial score (nSPS) is 17.5. The molecule has 1 fully saturated rings. The number of anilines is 2. The molecule has 1 aliphatic rings. The molecule has 1 aliphatic heterocycles. The second kappa shape index (κ2) is 6.05. The molecule has 0 spiro atoms. The predicted molar refractivity (Wildman–Crippen MR) is 81.7 cm³/mol. The van der Waals surface area contributed by atoms with Gasteiger partial charge < -0.3 is 10.2 Å². The Morgan fingerprint density at radius 1 is 1.32 bits per heavy atom. The first-order valence-electron chi connectivity index (χ1n) is 7.27. The van der Waals surface area contributed by atoms with Gasteiger partial charge >= 0.3 is 0 Å². The summed E-state index contributed by atoms with van der Waals surface area (Å²) in [5.41, 5.74) is 0.879. The highest BCUT2D eigenvalue weighted by molar-refractivity contribution is 5.73. The maximum absolute atomic E-state index is 11.5. The summed E-state index contributed by atoms with van der Waals surface area (Å²) < 4.78 is 0. The van der Waals surface area contributed by atoms with E-state index in [0.29, 0.717) is 18.3 Å². The van der Waals surface area contributed by atoms with Gasteiger partial charge in [0, 0.05) is 50.1 Å². The fourth-order valence-electron chi connectivity index (χ4n) is 2.57. The number of amides is 1. The molecule has 0 radical (unpaired) electrons. The fourth-order valence-corrected chi connectivity index (χ4v) is 2.57. The first kappa shape index (κ1) is 14.4. The van der Waals surface area contributed by atoms with Crippen LogP contribution >= 0.6 is 0 Å². The minimum Gasteiger partial charge on any atom is -0.342 e. The van der Waals surface area contributed by atoms with Crippen molar-refractivity contribution in [1.29, 1.82) is 0 Å². The standard InChI is InChI=1S/C15H18N6O/c1-10-8-13(20-15-16-5-3-6-17-15)19-14(18-10)12-4-7-21(9-12)11(2)22/h3,5-6,8,12H,4,7,9H2,1-2H3,(H,16,17,18,19,20). The lowest BCUT2D eigenvalue weighted by Gasteiger charge is -2.14. The SMILES string of the molecule is CC(=O)N1CCC(c2nc(C)cc(Nc3ncccn3)n2)C1. The van der Waals surface area contributed by atoms with E-state index in [9.17, 15) is 4.79 Å². The van der Waals surface area contributed by atoms with Crippen molar-refractivity contribution in [1.82, 2.24) is 24.8 Å². The van der Waals surface area contributed by atoms with Gasteiger partial charge in [0.15, 0.2) is 0 Å². The van der Waals surface area contributed by atoms with E-state index in [-0.39, 0.29) is 11.8 Å². The molecule has 0 bridgehead atoms. The van der Waals surface area contributed by atoms with Crippen molar-refractivity contribution in [3.05, 3.63) is 36.0 Å². The molecule has 2 aromatic heterocycles. The number of nitrogens with one attached hydrogen (secondary N) is 1. The summed E-state index contributed by atoms with van der Waals surface area (Å²) in [6.07, 6.45) is 4.24. The van der Waals surface area contributed by atoms with Crippen molar-refractivity contribution >= 4 is 17.7 Å².